The molecule has 0 saturated heterocycles. The molecule has 0 bridgehead atoms. The van der Waals surface area contributed by atoms with Gasteiger partial charge < -0.3 is 20.7 Å². The molecular formula is C23H22BrClN6O3. The van der Waals surface area contributed by atoms with Gasteiger partial charge in [-0.2, -0.15) is 0 Å². The number of H-pyrrole nitrogens is 1. The van der Waals surface area contributed by atoms with Gasteiger partial charge >= 0.3 is 6.09 Å². The van der Waals surface area contributed by atoms with Crippen molar-refractivity contribution in [2.75, 3.05) is 25.0 Å². The Balaban J connectivity index is 1.26. The molecular weight excluding hydrogens is 524 g/mol. The molecule has 34 heavy (non-hydrogen) atoms. The van der Waals surface area contributed by atoms with E-state index in [0.717, 1.165) is 36.5 Å². The normalized spacial score (nSPS) is 12.9. The summed E-state index contributed by atoms with van der Waals surface area (Å²) >= 11 is 9.33. The Morgan fingerprint density at radius 2 is 1.94 bits per heavy atom. The van der Waals surface area contributed by atoms with E-state index in [1.54, 1.807) is 24.3 Å². The number of benzene rings is 2. The van der Waals surface area contributed by atoms with Crippen LogP contribution in [0.3, 0.4) is 0 Å². The van der Waals surface area contributed by atoms with E-state index in [1.165, 1.54) is 0 Å². The standard InChI is InChI=1S/C23H22BrClN6O3/c24-18-20(29-21(32)16-4-1-2-5-17(16)25)30-31-22(18)34-23(33)28-13-10-14-6-8-15(9-7-14)19-26-11-3-12-27-19/h1-2,4-9H,3,10-13H2,(H,26,27)(H,28,33)(H2,29,30,31,32). The molecule has 2 amide bonds. The maximum Gasteiger partial charge on any atom is 0.414 e. The minimum atomic E-state index is -0.659. The van der Waals surface area contributed by atoms with Gasteiger partial charge in [0.05, 0.1) is 10.6 Å². The molecule has 0 radical (unpaired) electrons. The first kappa shape index (κ1) is 23.8. The molecule has 3 aromatic rings. The summed E-state index contributed by atoms with van der Waals surface area (Å²) in [5, 5.41) is 15.5. The lowest BCUT2D eigenvalue weighted by molar-refractivity contribution is 0.102. The number of hydrogen-bond donors (Lipinski definition) is 4. The summed E-state index contributed by atoms with van der Waals surface area (Å²) in [7, 11) is 0. The van der Waals surface area contributed by atoms with Gasteiger partial charge in [0.2, 0.25) is 0 Å². The van der Waals surface area contributed by atoms with Crippen LogP contribution in [0, 0.1) is 0 Å². The van der Waals surface area contributed by atoms with Crippen LogP contribution in [0.5, 0.6) is 5.88 Å². The van der Waals surface area contributed by atoms with E-state index in [2.05, 4.69) is 47.1 Å². The average molecular weight is 546 g/mol. The summed E-state index contributed by atoms with van der Waals surface area (Å²) in [5.41, 5.74) is 2.43. The van der Waals surface area contributed by atoms with Gasteiger partial charge in [-0.25, -0.2) is 4.79 Å². The number of halogens is 2. The second-order valence-electron chi connectivity index (χ2n) is 7.43. The molecule has 176 valence electrons. The molecule has 2 heterocycles. The smallest absolute Gasteiger partial charge is 0.388 e. The molecule has 11 heteroatoms. The quantitative estimate of drug-likeness (QED) is 0.355. The Hall–Kier alpha value is -3.37. The van der Waals surface area contributed by atoms with Gasteiger partial charge in [0.25, 0.3) is 11.8 Å². The molecule has 2 aromatic carbocycles. The molecule has 0 spiro atoms. The lowest BCUT2D eigenvalue weighted by Crippen LogP contribution is -2.30. The minimum absolute atomic E-state index is 0.00271. The number of carbonyl (C=O) groups is 2. The van der Waals surface area contributed by atoms with Crippen LogP contribution in [-0.4, -0.2) is 47.7 Å². The van der Waals surface area contributed by atoms with Crippen molar-refractivity contribution < 1.29 is 14.3 Å². The summed E-state index contributed by atoms with van der Waals surface area (Å²) < 4.78 is 5.54. The molecule has 0 atom stereocenters. The third-order valence-electron chi connectivity index (χ3n) is 5.03. The van der Waals surface area contributed by atoms with Crippen LogP contribution in [0.2, 0.25) is 5.02 Å². The predicted molar refractivity (Wildman–Crippen MR) is 134 cm³/mol. The van der Waals surface area contributed by atoms with Crippen molar-refractivity contribution in [2.24, 2.45) is 4.99 Å². The molecule has 9 nitrogen and oxygen atoms in total. The molecule has 4 N–H and O–H groups in total. The van der Waals surface area contributed by atoms with Crippen LogP contribution in [0.15, 0.2) is 58.0 Å². The predicted octanol–water partition coefficient (Wildman–Crippen LogP) is 4.15. The summed E-state index contributed by atoms with van der Waals surface area (Å²) in [6, 6.07) is 14.7. The molecule has 1 aromatic heterocycles. The number of nitrogens with zero attached hydrogens (tertiary/aromatic N) is 2. The summed E-state index contributed by atoms with van der Waals surface area (Å²) in [6.45, 7) is 2.17. The molecule has 0 saturated carbocycles. The highest BCUT2D eigenvalue weighted by atomic mass is 79.9. The molecule has 0 unspecified atom stereocenters. The highest BCUT2D eigenvalue weighted by Crippen LogP contribution is 2.30. The van der Waals surface area contributed by atoms with E-state index in [-0.39, 0.29) is 11.7 Å². The molecule has 1 aliphatic heterocycles. The van der Waals surface area contributed by atoms with Gasteiger partial charge in [-0.05, 0) is 46.5 Å². The second-order valence-corrected chi connectivity index (χ2v) is 8.63. The van der Waals surface area contributed by atoms with Gasteiger partial charge in [0.1, 0.15) is 16.1 Å². The van der Waals surface area contributed by atoms with Gasteiger partial charge in [-0.3, -0.25) is 14.9 Å². The highest BCUT2D eigenvalue weighted by Gasteiger charge is 2.18. The van der Waals surface area contributed by atoms with Crippen molar-refractivity contribution in [1.29, 1.82) is 0 Å². The maximum absolute atomic E-state index is 12.4. The van der Waals surface area contributed by atoms with Crippen LogP contribution in [0.4, 0.5) is 10.6 Å². The van der Waals surface area contributed by atoms with Crippen molar-refractivity contribution >= 4 is 51.2 Å². The number of aromatic nitrogens is 2. The van der Waals surface area contributed by atoms with Crippen LogP contribution in [0.25, 0.3) is 0 Å². The number of amidine groups is 1. The van der Waals surface area contributed by atoms with Crippen LogP contribution in [-0.2, 0) is 6.42 Å². The zero-order valence-electron chi connectivity index (χ0n) is 18.0. The lowest BCUT2D eigenvalue weighted by Gasteiger charge is -2.14. The van der Waals surface area contributed by atoms with Gasteiger partial charge in [-0.15, -0.1) is 5.10 Å². The molecule has 0 aliphatic carbocycles. The topological polar surface area (TPSA) is 120 Å². The first-order valence-electron chi connectivity index (χ1n) is 10.6. The Morgan fingerprint density at radius 1 is 1.15 bits per heavy atom. The van der Waals surface area contributed by atoms with E-state index in [1.807, 2.05) is 24.3 Å². The number of ether oxygens (including phenoxy) is 1. The zero-order valence-corrected chi connectivity index (χ0v) is 20.4. The van der Waals surface area contributed by atoms with Crippen molar-refractivity contribution in [3.05, 3.63) is 74.7 Å². The second kappa shape index (κ2) is 11.2. The number of rotatable bonds is 7. The first-order valence-corrected chi connectivity index (χ1v) is 11.8. The van der Waals surface area contributed by atoms with Gasteiger partial charge in [-0.1, -0.05) is 48.0 Å². The number of anilines is 1. The molecule has 0 fully saturated rings. The fourth-order valence-corrected chi connectivity index (χ4v) is 3.86. The van der Waals surface area contributed by atoms with E-state index in [0.29, 0.717) is 28.0 Å². The number of aliphatic imine (C=N–C) groups is 1. The Kier molecular flexibility index (Phi) is 7.81. The van der Waals surface area contributed by atoms with Crippen molar-refractivity contribution in [3.63, 3.8) is 0 Å². The van der Waals surface area contributed by atoms with Crippen molar-refractivity contribution in [3.8, 4) is 5.88 Å². The van der Waals surface area contributed by atoms with E-state index >= 15 is 0 Å². The largest absolute Gasteiger partial charge is 0.414 e. The Bertz CT molecular complexity index is 1210. The summed E-state index contributed by atoms with van der Waals surface area (Å²) in [6.07, 6.45) is 1.03. The molecule has 4 rings (SSSR count). The van der Waals surface area contributed by atoms with Crippen molar-refractivity contribution in [2.45, 2.75) is 12.8 Å². The average Bonchev–Trinajstić information content (AvgIpc) is 3.19. The van der Waals surface area contributed by atoms with E-state index < -0.39 is 12.0 Å². The zero-order chi connectivity index (χ0) is 23.9. The lowest BCUT2D eigenvalue weighted by atomic mass is 10.1. The third-order valence-corrected chi connectivity index (χ3v) is 6.10. The van der Waals surface area contributed by atoms with Crippen LogP contribution in [0.1, 0.15) is 27.9 Å². The highest BCUT2D eigenvalue weighted by molar-refractivity contribution is 9.10. The molecule has 1 aliphatic rings. The van der Waals surface area contributed by atoms with Crippen LogP contribution < -0.4 is 20.7 Å². The number of hydrogen-bond acceptors (Lipinski definition) is 6. The van der Waals surface area contributed by atoms with Crippen molar-refractivity contribution in [1.82, 2.24) is 20.8 Å². The number of aromatic amines is 1. The number of nitrogens with one attached hydrogen (secondary N) is 4. The first-order chi connectivity index (χ1) is 16.5. The fraction of sp³-hybridized carbons (Fsp3) is 0.217. The van der Waals surface area contributed by atoms with E-state index in [4.69, 9.17) is 16.3 Å². The van der Waals surface area contributed by atoms with Crippen LogP contribution >= 0.6 is 27.5 Å². The summed E-state index contributed by atoms with van der Waals surface area (Å²) in [5.74, 6) is 0.733. The minimum Gasteiger partial charge on any atom is -0.388 e. The monoisotopic (exact) mass is 544 g/mol. The fourth-order valence-electron chi connectivity index (χ4n) is 3.28. The Labute approximate surface area is 209 Å². The van der Waals surface area contributed by atoms with Gasteiger partial charge in [0.15, 0.2) is 0 Å². The third kappa shape index (κ3) is 5.95. The van der Waals surface area contributed by atoms with Gasteiger partial charge in [0, 0.05) is 25.2 Å². The summed E-state index contributed by atoms with van der Waals surface area (Å²) in [4.78, 5) is 29.1. The Morgan fingerprint density at radius 3 is 2.68 bits per heavy atom. The SMILES string of the molecule is O=C(NCCc1ccc(C2=NCCCN2)cc1)Oc1n[nH]c(NC(=O)c2ccccc2Cl)c1Br. The maximum atomic E-state index is 12.4. The number of carbonyl (C=O) groups excluding carboxylic acids is 2. The van der Waals surface area contributed by atoms with E-state index in [9.17, 15) is 9.59 Å². The number of amides is 2.